The number of allylic oxidation sites excluding steroid dienone is 1. The summed E-state index contributed by atoms with van der Waals surface area (Å²) in [7, 11) is 0. The molecule has 4 nitrogen and oxygen atoms in total. The van der Waals surface area contributed by atoms with Gasteiger partial charge in [0, 0.05) is 6.08 Å². The summed E-state index contributed by atoms with van der Waals surface area (Å²) in [4.78, 5) is 22.7. The van der Waals surface area contributed by atoms with E-state index in [1.165, 1.54) is 18.2 Å². The molecule has 1 amide bonds. The molecule has 114 valence electrons. The standard InChI is InChI=1S/C14H14F3NO3/c1-9(2)7-13(20)21-8-12(19)18-11-6-4-3-5-10(11)14(15,16)17/h3-7H,8H2,1-2H3,(H,18,19). The monoisotopic (exact) mass is 301 g/mol. The van der Waals surface area contributed by atoms with E-state index in [0.717, 1.165) is 12.1 Å². The maximum Gasteiger partial charge on any atom is 0.418 e. The Morgan fingerprint density at radius 3 is 2.43 bits per heavy atom. The van der Waals surface area contributed by atoms with Gasteiger partial charge in [0.15, 0.2) is 6.61 Å². The van der Waals surface area contributed by atoms with E-state index in [2.05, 4.69) is 10.1 Å². The van der Waals surface area contributed by atoms with Gasteiger partial charge in [-0.2, -0.15) is 13.2 Å². The molecule has 0 fully saturated rings. The first kappa shape index (κ1) is 16.7. The zero-order valence-electron chi connectivity index (χ0n) is 11.5. The van der Waals surface area contributed by atoms with Crippen molar-refractivity contribution in [3.05, 3.63) is 41.5 Å². The van der Waals surface area contributed by atoms with Crippen LogP contribution in [0, 0.1) is 0 Å². The fraction of sp³-hybridized carbons (Fsp3) is 0.286. The van der Waals surface area contributed by atoms with Crippen molar-refractivity contribution < 1.29 is 27.5 Å². The summed E-state index contributed by atoms with van der Waals surface area (Å²) in [6.07, 6.45) is -3.40. The van der Waals surface area contributed by atoms with Gasteiger partial charge >= 0.3 is 12.1 Å². The van der Waals surface area contributed by atoms with Crippen LogP contribution in [0.2, 0.25) is 0 Å². The van der Waals surface area contributed by atoms with Gasteiger partial charge in [-0.15, -0.1) is 0 Å². The summed E-state index contributed by atoms with van der Waals surface area (Å²) in [6, 6.07) is 4.55. The fourth-order valence-electron chi connectivity index (χ4n) is 1.44. The van der Waals surface area contributed by atoms with Crippen molar-refractivity contribution in [2.75, 3.05) is 11.9 Å². The lowest BCUT2D eigenvalue weighted by Crippen LogP contribution is -2.22. The third-order valence-electron chi connectivity index (χ3n) is 2.26. The maximum absolute atomic E-state index is 12.7. The summed E-state index contributed by atoms with van der Waals surface area (Å²) < 4.78 is 42.7. The Labute approximate surface area is 119 Å². The molecule has 0 saturated carbocycles. The van der Waals surface area contributed by atoms with Crippen LogP contribution in [0.3, 0.4) is 0 Å². The van der Waals surface area contributed by atoms with Gasteiger partial charge in [0.25, 0.3) is 5.91 Å². The highest BCUT2D eigenvalue weighted by Gasteiger charge is 2.33. The molecule has 1 rings (SSSR count). The summed E-state index contributed by atoms with van der Waals surface area (Å²) in [5.41, 5.74) is -0.662. The Morgan fingerprint density at radius 2 is 1.86 bits per heavy atom. The smallest absolute Gasteiger partial charge is 0.418 e. The number of carbonyl (C=O) groups is 2. The number of rotatable bonds is 4. The highest BCUT2D eigenvalue weighted by Crippen LogP contribution is 2.34. The molecule has 0 aliphatic carbocycles. The second-order valence-electron chi connectivity index (χ2n) is 4.42. The second-order valence-corrected chi connectivity index (χ2v) is 4.42. The minimum atomic E-state index is -4.58. The van der Waals surface area contributed by atoms with E-state index in [-0.39, 0.29) is 5.69 Å². The highest BCUT2D eigenvalue weighted by atomic mass is 19.4. The van der Waals surface area contributed by atoms with Crippen molar-refractivity contribution in [2.24, 2.45) is 0 Å². The fourth-order valence-corrected chi connectivity index (χ4v) is 1.44. The van der Waals surface area contributed by atoms with Gasteiger partial charge in [-0.3, -0.25) is 4.79 Å². The van der Waals surface area contributed by atoms with E-state index in [9.17, 15) is 22.8 Å². The van der Waals surface area contributed by atoms with Crippen LogP contribution in [0.25, 0.3) is 0 Å². The first-order valence-corrected chi connectivity index (χ1v) is 5.98. The molecule has 0 radical (unpaired) electrons. The van der Waals surface area contributed by atoms with Gasteiger partial charge in [-0.05, 0) is 26.0 Å². The molecule has 21 heavy (non-hydrogen) atoms. The zero-order chi connectivity index (χ0) is 16.0. The molecule has 1 aromatic carbocycles. The Kier molecular flexibility index (Phi) is 5.52. The summed E-state index contributed by atoms with van der Waals surface area (Å²) in [5.74, 6) is -1.57. The van der Waals surface area contributed by atoms with Gasteiger partial charge in [0.1, 0.15) is 0 Å². The molecule has 1 aromatic rings. The summed E-state index contributed by atoms with van der Waals surface area (Å²) in [5, 5.41) is 2.07. The number of ether oxygens (including phenoxy) is 1. The molecular formula is C14H14F3NO3. The van der Waals surface area contributed by atoms with Crippen molar-refractivity contribution in [1.82, 2.24) is 0 Å². The number of esters is 1. The Balaban J connectivity index is 2.68. The predicted octanol–water partition coefficient (Wildman–Crippen LogP) is 3.15. The lowest BCUT2D eigenvalue weighted by Gasteiger charge is -2.13. The normalized spacial score (nSPS) is 10.7. The summed E-state index contributed by atoms with van der Waals surface area (Å²) >= 11 is 0. The molecule has 0 atom stereocenters. The summed E-state index contributed by atoms with van der Waals surface area (Å²) in [6.45, 7) is 2.68. The van der Waals surface area contributed by atoms with E-state index < -0.39 is 30.2 Å². The van der Waals surface area contributed by atoms with Gasteiger partial charge in [0.05, 0.1) is 11.3 Å². The predicted molar refractivity (Wildman–Crippen MR) is 70.5 cm³/mol. The third-order valence-corrected chi connectivity index (χ3v) is 2.26. The van der Waals surface area contributed by atoms with Crippen molar-refractivity contribution in [1.29, 1.82) is 0 Å². The average Bonchev–Trinajstić information content (AvgIpc) is 2.35. The lowest BCUT2D eigenvalue weighted by atomic mass is 10.1. The molecule has 1 N–H and O–H groups in total. The van der Waals surface area contributed by atoms with Gasteiger partial charge in [0.2, 0.25) is 0 Å². The van der Waals surface area contributed by atoms with Gasteiger partial charge in [-0.25, -0.2) is 4.79 Å². The van der Waals surface area contributed by atoms with Crippen LogP contribution in [0.15, 0.2) is 35.9 Å². The molecular weight excluding hydrogens is 287 g/mol. The van der Waals surface area contributed by atoms with Crippen LogP contribution in [-0.4, -0.2) is 18.5 Å². The Hall–Kier alpha value is -2.31. The lowest BCUT2D eigenvalue weighted by molar-refractivity contribution is -0.142. The number of alkyl halides is 3. The molecule has 0 bridgehead atoms. The number of carbonyl (C=O) groups excluding carboxylic acids is 2. The quantitative estimate of drug-likeness (QED) is 0.686. The van der Waals surface area contributed by atoms with Crippen LogP contribution in [0.5, 0.6) is 0 Å². The average molecular weight is 301 g/mol. The Bertz CT molecular complexity index is 561. The highest BCUT2D eigenvalue weighted by molar-refractivity contribution is 5.94. The molecule has 0 saturated heterocycles. The number of halogens is 3. The number of benzene rings is 1. The van der Waals surface area contributed by atoms with E-state index >= 15 is 0 Å². The van der Waals surface area contributed by atoms with Crippen molar-refractivity contribution >= 4 is 17.6 Å². The van der Waals surface area contributed by atoms with Crippen LogP contribution >= 0.6 is 0 Å². The number of nitrogens with one attached hydrogen (secondary N) is 1. The molecule has 0 aliphatic heterocycles. The van der Waals surface area contributed by atoms with E-state index in [1.54, 1.807) is 13.8 Å². The van der Waals surface area contributed by atoms with Crippen molar-refractivity contribution in [3.8, 4) is 0 Å². The van der Waals surface area contributed by atoms with E-state index in [0.29, 0.717) is 5.57 Å². The number of para-hydroxylation sites is 1. The first-order chi connectivity index (χ1) is 9.70. The van der Waals surface area contributed by atoms with Crippen molar-refractivity contribution in [2.45, 2.75) is 20.0 Å². The molecule has 0 spiro atoms. The molecule has 7 heteroatoms. The van der Waals surface area contributed by atoms with Gasteiger partial charge in [-0.1, -0.05) is 17.7 Å². The number of amides is 1. The molecule has 0 aromatic heterocycles. The van der Waals surface area contributed by atoms with Gasteiger partial charge < -0.3 is 10.1 Å². The Morgan fingerprint density at radius 1 is 1.24 bits per heavy atom. The number of hydrogen-bond donors (Lipinski definition) is 1. The van der Waals surface area contributed by atoms with Crippen molar-refractivity contribution in [3.63, 3.8) is 0 Å². The largest absolute Gasteiger partial charge is 0.452 e. The topological polar surface area (TPSA) is 55.4 Å². The number of hydrogen-bond acceptors (Lipinski definition) is 3. The van der Waals surface area contributed by atoms with E-state index in [4.69, 9.17) is 0 Å². The molecule has 0 unspecified atom stereocenters. The zero-order valence-corrected chi connectivity index (χ0v) is 11.5. The minimum Gasteiger partial charge on any atom is -0.452 e. The van der Waals surface area contributed by atoms with Crippen LogP contribution < -0.4 is 5.32 Å². The maximum atomic E-state index is 12.7. The van der Waals surface area contributed by atoms with E-state index in [1.807, 2.05) is 0 Å². The number of anilines is 1. The third kappa shape index (κ3) is 5.68. The van der Waals surface area contributed by atoms with Crippen LogP contribution in [0.1, 0.15) is 19.4 Å². The SMILES string of the molecule is CC(C)=CC(=O)OCC(=O)Nc1ccccc1C(F)(F)F. The minimum absolute atomic E-state index is 0.381. The molecule has 0 aliphatic rings. The second kappa shape index (κ2) is 6.92. The molecule has 0 heterocycles. The first-order valence-electron chi connectivity index (χ1n) is 5.98. The van der Waals surface area contributed by atoms with Crippen LogP contribution in [-0.2, 0) is 20.5 Å². The van der Waals surface area contributed by atoms with Crippen LogP contribution in [0.4, 0.5) is 18.9 Å².